The maximum atomic E-state index is 11.5. The van der Waals surface area contributed by atoms with Crippen LogP contribution in [0.15, 0.2) is 23.3 Å². The molecule has 0 aromatic carbocycles. The highest BCUT2D eigenvalue weighted by atomic mass is 16.1. The van der Waals surface area contributed by atoms with E-state index in [0.29, 0.717) is 5.57 Å². The lowest BCUT2D eigenvalue weighted by molar-refractivity contribution is -0.124. The van der Waals surface area contributed by atoms with Gasteiger partial charge >= 0.3 is 0 Å². The summed E-state index contributed by atoms with van der Waals surface area (Å²) in [5.74, 6) is -0.0106. The molecule has 0 fully saturated rings. The van der Waals surface area contributed by atoms with Gasteiger partial charge in [0.2, 0.25) is 0 Å². The van der Waals surface area contributed by atoms with Crippen LogP contribution in [0.3, 0.4) is 0 Å². The highest BCUT2D eigenvalue weighted by molar-refractivity contribution is 6.09. The van der Waals surface area contributed by atoms with E-state index in [-0.39, 0.29) is 11.6 Å². The van der Waals surface area contributed by atoms with E-state index in [4.69, 9.17) is 0 Å². The fourth-order valence-electron chi connectivity index (χ4n) is 1.83. The Morgan fingerprint density at radius 1 is 1.31 bits per heavy atom. The summed E-state index contributed by atoms with van der Waals surface area (Å²) in [4.78, 5) is 22.8. The van der Waals surface area contributed by atoms with Crippen molar-refractivity contribution in [1.82, 2.24) is 0 Å². The Balaban J connectivity index is 3.32. The maximum absolute atomic E-state index is 11.5. The van der Waals surface area contributed by atoms with Crippen LogP contribution in [0.25, 0.3) is 0 Å². The summed E-state index contributed by atoms with van der Waals surface area (Å²) < 4.78 is 0. The van der Waals surface area contributed by atoms with Gasteiger partial charge in [-0.25, -0.2) is 0 Å². The van der Waals surface area contributed by atoms with Crippen molar-refractivity contribution in [2.45, 2.75) is 27.7 Å². The van der Waals surface area contributed by atoms with Crippen LogP contribution in [0.4, 0.5) is 0 Å². The van der Waals surface area contributed by atoms with Gasteiger partial charge in [-0.15, -0.1) is 0 Å². The fraction of sp³-hybridized carbons (Fsp3) is 0.455. The minimum atomic E-state index is -0.648. The molecule has 0 saturated carbocycles. The highest BCUT2D eigenvalue weighted by Crippen LogP contribution is 2.34. The molecule has 0 spiro atoms. The summed E-state index contributed by atoms with van der Waals surface area (Å²) >= 11 is 0. The lowest BCUT2D eigenvalue weighted by atomic mass is 9.73. The van der Waals surface area contributed by atoms with Gasteiger partial charge < -0.3 is 0 Å². The molecule has 2 nitrogen and oxygen atoms in total. The van der Waals surface area contributed by atoms with Gasteiger partial charge in [0.1, 0.15) is 0 Å². The monoisotopic (exact) mass is 178 g/mol. The number of rotatable bonds is 1. The first-order valence-corrected chi connectivity index (χ1v) is 4.32. The SMILES string of the molecule is CC(=O)C1=C(C)C=CC(=O)C1(C)C. The molecule has 0 atom stereocenters. The zero-order valence-electron chi connectivity index (χ0n) is 8.47. The molecule has 0 aromatic heterocycles. The number of carbonyl (C=O) groups excluding carboxylic acids is 2. The van der Waals surface area contributed by atoms with Gasteiger partial charge in [0.05, 0.1) is 5.41 Å². The van der Waals surface area contributed by atoms with Crippen LogP contribution >= 0.6 is 0 Å². The Morgan fingerprint density at radius 2 is 1.85 bits per heavy atom. The molecule has 0 radical (unpaired) electrons. The molecule has 0 N–H and O–H groups in total. The zero-order chi connectivity index (χ0) is 10.2. The Labute approximate surface area is 78.3 Å². The van der Waals surface area contributed by atoms with Gasteiger partial charge in [-0.3, -0.25) is 9.59 Å². The van der Waals surface area contributed by atoms with Crippen molar-refractivity contribution in [3.8, 4) is 0 Å². The third kappa shape index (κ3) is 1.48. The Hall–Kier alpha value is -1.18. The fourth-order valence-corrected chi connectivity index (χ4v) is 1.83. The second kappa shape index (κ2) is 2.95. The topological polar surface area (TPSA) is 34.1 Å². The molecule has 0 unspecified atom stereocenters. The van der Waals surface area contributed by atoms with Crippen LogP contribution in [0.2, 0.25) is 0 Å². The van der Waals surface area contributed by atoms with Crippen molar-refractivity contribution >= 4 is 11.6 Å². The number of carbonyl (C=O) groups is 2. The van der Waals surface area contributed by atoms with Gasteiger partial charge in [-0.2, -0.15) is 0 Å². The zero-order valence-corrected chi connectivity index (χ0v) is 8.47. The Kier molecular flexibility index (Phi) is 2.24. The van der Waals surface area contributed by atoms with Gasteiger partial charge in [-0.1, -0.05) is 6.08 Å². The molecule has 0 saturated heterocycles. The van der Waals surface area contributed by atoms with E-state index in [9.17, 15) is 9.59 Å². The predicted molar refractivity (Wildman–Crippen MR) is 51.3 cm³/mol. The number of Topliss-reactive ketones (excluding diaryl/α,β-unsaturated/α-hetero) is 1. The molecule has 1 rings (SSSR count). The molecular formula is C11H14O2. The Morgan fingerprint density at radius 3 is 2.23 bits per heavy atom. The van der Waals surface area contributed by atoms with Crippen molar-refractivity contribution in [2.75, 3.05) is 0 Å². The van der Waals surface area contributed by atoms with E-state index >= 15 is 0 Å². The average molecular weight is 178 g/mol. The van der Waals surface area contributed by atoms with E-state index in [1.54, 1.807) is 26.0 Å². The number of allylic oxidation sites excluding steroid dienone is 4. The Bertz CT molecular complexity index is 330. The second-order valence-corrected chi connectivity index (χ2v) is 3.94. The normalized spacial score (nSPS) is 20.8. The van der Waals surface area contributed by atoms with E-state index in [2.05, 4.69) is 0 Å². The lowest BCUT2D eigenvalue weighted by Crippen LogP contribution is -2.31. The van der Waals surface area contributed by atoms with Crippen molar-refractivity contribution in [2.24, 2.45) is 5.41 Å². The third-order valence-electron chi connectivity index (χ3n) is 2.47. The number of ketones is 2. The molecule has 1 aliphatic rings. The van der Waals surface area contributed by atoms with E-state index in [1.807, 2.05) is 6.92 Å². The second-order valence-electron chi connectivity index (χ2n) is 3.94. The molecule has 0 aromatic rings. The summed E-state index contributed by atoms with van der Waals surface area (Å²) in [7, 11) is 0. The summed E-state index contributed by atoms with van der Waals surface area (Å²) in [6, 6.07) is 0. The molecule has 1 aliphatic carbocycles. The maximum Gasteiger partial charge on any atom is 0.165 e. The van der Waals surface area contributed by atoms with Crippen LogP contribution in [-0.2, 0) is 9.59 Å². The molecule has 70 valence electrons. The van der Waals surface area contributed by atoms with Crippen molar-refractivity contribution in [1.29, 1.82) is 0 Å². The molecule has 2 heteroatoms. The quantitative estimate of drug-likeness (QED) is 0.616. The number of hydrogen-bond donors (Lipinski definition) is 0. The van der Waals surface area contributed by atoms with Crippen molar-refractivity contribution in [3.63, 3.8) is 0 Å². The smallest absolute Gasteiger partial charge is 0.165 e. The van der Waals surface area contributed by atoms with Crippen molar-refractivity contribution in [3.05, 3.63) is 23.3 Å². The van der Waals surface area contributed by atoms with Crippen LogP contribution < -0.4 is 0 Å². The molecule has 0 amide bonds. The molecule has 0 aliphatic heterocycles. The van der Waals surface area contributed by atoms with E-state index in [1.165, 1.54) is 6.92 Å². The molecular weight excluding hydrogens is 164 g/mol. The van der Waals surface area contributed by atoms with Gasteiger partial charge in [0, 0.05) is 5.57 Å². The van der Waals surface area contributed by atoms with Crippen LogP contribution in [-0.4, -0.2) is 11.6 Å². The first kappa shape index (κ1) is 9.90. The minimum Gasteiger partial charge on any atom is -0.295 e. The van der Waals surface area contributed by atoms with E-state index < -0.39 is 5.41 Å². The van der Waals surface area contributed by atoms with Crippen molar-refractivity contribution < 1.29 is 9.59 Å². The summed E-state index contributed by atoms with van der Waals surface area (Å²) in [6.07, 6.45) is 3.26. The summed E-state index contributed by atoms with van der Waals surface area (Å²) in [5.41, 5.74) is 0.891. The van der Waals surface area contributed by atoms with E-state index in [0.717, 1.165) is 5.57 Å². The first-order valence-electron chi connectivity index (χ1n) is 4.32. The number of hydrogen-bond acceptors (Lipinski definition) is 2. The van der Waals surface area contributed by atoms with Crippen LogP contribution in [0, 0.1) is 5.41 Å². The highest BCUT2D eigenvalue weighted by Gasteiger charge is 2.35. The van der Waals surface area contributed by atoms with Gasteiger partial charge in [0.25, 0.3) is 0 Å². The predicted octanol–water partition coefficient (Wildman–Crippen LogP) is 2.06. The van der Waals surface area contributed by atoms with Gasteiger partial charge in [0.15, 0.2) is 11.6 Å². The lowest BCUT2D eigenvalue weighted by Gasteiger charge is -2.27. The standard InChI is InChI=1S/C11H14O2/c1-7-5-6-9(13)11(3,4)10(7)8(2)12/h5-6H,1-4H3. The van der Waals surface area contributed by atoms with Gasteiger partial charge in [-0.05, 0) is 39.3 Å². The minimum absolute atomic E-state index is 0.00306. The third-order valence-corrected chi connectivity index (χ3v) is 2.47. The first-order chi connectivity index (χ1) is 5.87. The van der Waals surface area contributed by atoms with Crippen LogP contribution in [0.5, 0.6) is 0 Å². The summed E-state index contributed by atoms with van der Waals surface area (Å²) in [5, 5.41) is 0. The largest absolute Gasteiger partial charge is 0.295 e. The van der Waals surface area contributed by atoms with Crippen LogP contribution in [0.1, 0.15) is 27.7 Å². The summed E-state index contributed by atoms with van der Waals surface area (Å²) in [6.45, 7) is 6.95. The molecule has 13 heavy (non-hydrogen) atoms. The molecule has 0 heterocycles. The molecule has 0 bridgehead atoms. The average Bonchev–Trinajstić information content (AvgIpc) is 1.96.